The molecule has 24 heavy (non-hydrogen) atoms. The van der Waals surface area contributed by atoms with Crippen LogP contribution in [0.3, 0.4) is 0 Å². The molecule has 0 spiro atoms. The summed E-state index contributed by atoms with van der Waals surface area (Å²) >= 11 is 0. The van der Waals surface area contributed by atoms with E-state index in [1.807, 2.05) is 31.2 Å². The third kappa shape index (κ3) is 5.02. The highest BCUT2D eigenvalue weighted by Crippen LogP contribution is 2.20. The van der Waals surface area contributed by atoms with Gasteiger partial charge in [0, 0.05) is 38.3 Å². The van der Waals surface area contributed by atoms with Crippen LogP contribution in [0, 0.1) is 6.92 Å². The molecule has 1 aromatic rings. The molecule has 0 aliphatic carbocycles. The molecular weight excluding hydrogens is 322 g/mol. The quantitative estimate of drug-likeness (QED) is 0.782. The van der Waals surface area contributed by atoms with E-state index in [2.05, 4.69) is 37.7 Å². The number of aryl methyl sites for hydroxylation is 1. The Balaban J connectivity index is 2.03. The molecular formula is C18H31N3O2S. The molecule has 0 bridgehead atoms. The van der Waals surface area contributed by atoms with Crippen molar-refractivity contribution < 1.29 is 8.42 Å². The van der Waals surface area contributed by atoms with Gasteiger partial charge >= 0.3 is 0 Å². The third-order valence-corrected chi connectivity index (χ3v) is 6.52. The Morgan fingerprint density at radius 2 is 1.62 bits per heavy atom. The van der Waals surface area contributed by atoms with E-state index in [4.69, 9.17) is 0 Å². The first kappa shape index (κ1) is 19.4. The van der Waals surface area contributed by atoms with Gasteiger partial charge in [-0.1, -0.05) is 29.8 Å². The average molecular weight is 354 g/mol. The first-order valence-electron chi connectivity index (χ1n) is 8.63. The number of nitrogens with zero attached hydrogens (tertiary/aromatic N) is 3. The van der Waals surface area contributed by atoms with E-state index in [9.17, 15) is 8.42 Å². The number of hydrogen-bond donors (Lipinski definition) is 0. The van der Waals surface area contributed by atoms with Gasteiger partial charge in [0.25, 0.3) is 0 Å². The number of rotatable bonds is 6. The lowest BCUT2D eigenvalue weighted by Gasteiger charge is -2.44. The summed E-state index contributed by atoms with van der Waals surface area (Å²) in [5.74, 6) is 0.0877. The predicted molar refractivity (Wildman–Crippen MR) is 99.6 cm³/mol. The molecule has 1 aliphatic heterocycles. The molecule has 1 aliphatic rings. The zero-order chi connectivity index (χ0) is 17.9. The number of sulfonamides is 1. The van der Waals surface area contributed by atoms with E-state index < -0.39 is 10.0 Å². The first-order chi connectivity index (χ1) is 11.2. The molecule has 5 nitrogen and oxygen atoms in total. The van der Waals surface area contributed by atoms with Gasteiger partial charge in [-0.2, -0.15) is 4.31 Å². The zero-order valence-electron chi connectivity index (χ0n) is 15.6. The Kier molecular flexibility index (Phi) is 6.42. The van der Waals surface area contributed by atoms with Gasteiger partial charge in [-0.3, -0.25) is 4.90 Å². The fourth-order valence-electron chi connectivity index (χ4n) is 3.28. The van der Waals surface area contributed by atoms with Gasteiger partial charge in [-0.15, -0.1) is 0 Å². The van der Waals surface area contributed by atoms with E-state index in [0.29, 0.717) is 13.1 Å². The van der Waals surface area contributed by atoms with Gasteiger partial charge in [0.05, 0.1) is 5.75 Å². The highest BCUT2D eigenvalue weighted by molar-refractivity contribution is 7.88. The molecule has 0 saturated carbocycles. The van der Waals surface area contributed by atoms with E-state index in [-0.39, 0.29) is 17.8 Å². The summed E-state index contributed by atoms with van der Waals surface area (Å²) in [5, 5.41) is 0. The monoisotopic (exact) mass is 353 g/mol. The molecule has 0 radical (unpaired) electrons. The van der Waals surface area contributed by atoms with Crippen LogP contribution in [0.25, 0.3) is 0 Å². The van der Waals surface area contributed by atoms with Crippen molar-refractivity contribution in [3.8, 4) is 0 Å². The summed E-state index contributed by atoms with van der Waals surface area (Å²) in [6, 6.07) is 8.23. The molecule has 2 rings (SSSR count). The molecule has 136 valence electrons. The van der Waals surface area contributed by atoms with Crippen molar-refractivity contribution >= 4 is 10.0 Å². The Hall–Kier alpha value is -0.950. The molecule has 2 unspecified atom stereocenters. The summed E-state index contributed by atoms with van der Waals surface area (Å²) in [5.41, 5.74) is 2.00. The number of benzene rings is 1. The second-order valence-corrected chi connectivity index (χ2v) is 9.27. The highest BCUT2D eigenvalue weighted by atomic mass is 32.2. The van der Waals surface area contributed by atoms with E-state index >= 15 is 0 Å². The molecule has 6 heteroatoms. The number of hydrogen-bond acceptors (Lipinski definition) is 4. The molecule has 1 heterocycles. The lowest BCUT2D eigenvalue weighted by atomic mass is 10.1. The van der Waals surface area contributed by atoms with Crippen LogP contribution in [0.2, 0.25) is 0 Å². The minimum absolute atomic E-state index is 0.0877. The lowest BCUT2D eigenvalue weighted by molar-refractivity contribution is 0.0708. The van der Waals surface area contributed by atoms with Crippen LogP contribution in [0.15, 0.2) is 24.3 Å². The first-order valence-corrected chi connectivity index (χ1v) is 10.2. The second kappa shape index (κ2) is 7.95. The predicted octanol–water partition coefficient (Wildman–Crippen LogP) is 1.78. The largest absolute Gasteiger partial charge is 0.308 e. The minimum Gasteiger partial charge on any atom is -0.308 e. The smallest absolute Gasteiger partial charge is 0.218 e. The van der Waals surface area contributed by atoms with Crippen LogP contribution < -0.4 is 0 Å². The summed E-state index contributed by atoms with van der Waals surface area (Å²) in [6.07, 6.45) is 0. The van der Waals surface area contributed by atoms with Gasteiger partial charge in [-0.25, -0.2) is 8.42 Å². The molecule has 1 fully saturated rings. The van der Waals surface area contributed by atoms with Crippen LogP contribution in [-0.2, 0) is 15.8 Å². The van der Waals surface area contributed by atoms with Crippen LogP contribution in [0.1, 0.15) is 25.0 Å². The van der Waals surface area contributed by atoms with E-state index in [1.165, 1.54) is 0 Å². The van der Waals surface area contributed by atoms with Gasteiger partial charge in [-0.05, 0) is 40.4 Å². The summed E-state index contributed by atoms with van der Waals surface area (Å²) in [4.78, 5) is 4.58. The number of piperazine rings is 1. The Labute approximate surface area is 147 Å². The van der Waals surface area contributed by atoms with Crippen molar-refractivity contribution in [3.05, 3.63) is 35.4 Å². The van der Waals surface area contributed by atoms with Crippen molar-refractivity contribution in [3.63, 3.8) is 0 Å². The Morgan fingerprint density at radius 3 is 2.12 bits per heavy atom. The zero-order valence-corrected chi connectivity index (χ0v) is 16.4. The number of likely N-dealkylation sites (N-methyl/N-ethyl adjacent to an activating group) is 1. The van der Waals surface area contributed by atoms with Crippen LogP contribution in [-0.4, -0.2) is 74.9 Å². The molecule has 1 saturated heterocycles. The average Bonchev–Trinajstić information content (AvgIpc) is 2.48. The Bertz CT molecular complexity index is 616. The van der Waals surface area contributed by atoms with Crippen molar-refractivity contribution in [1.82, 2.24) is 14.1 Å². The van der Waals surface area contributed by atoms with Crippen molar-refractivity contribution in [2.24, 2.45) is 0 Å². The maximum Gasteiger partial charge on any atom is 0.218 e. The molecule has 0 amide bonds. The van der Waals surface area contributed by atoms with Crippen LogP contribution in [0.4, 0.5) is 0 Å². The fourth-order valence-corrected chi connectivity index (χ4v) is 4.96. The van der Waals surface area contributed by atoms with Crippen LogP contribution >= 0.6 is 0 Å². The van der Waals surface area contributed by atoms with Crippen molar-refractivity contribution in [1.29, 1.82) is 0 Å². The summed E-state index contributed by atoms with van der Waals surface area (Å²) in [6.45, 7) is 9.37. The third-order valence-electron chi connectivity index (χ3n) is 4.74. The fraction of sp³-hybridized carbons (Fsp3) is 0.667. The van der Waals surface area contributed by atoms with Crippen LogP contribution in [0.5, 0.6) is 0 Å². The van der Waals surface area contributed by atoms with Crippen molar-refractivity contribution in [2.45, 2.75) is 38.6 Å². The summed E-state index contributed by atoms with van der Waals surface area (Å²) in [7, 11) is 0.861. The standard InChI is InChI=1S/C18H31N3O2S/c1-15-6-8-18(9-7-15)14-24(22,23)20-12-16(2)21(17(3)13-20)11-10-19(4)5/h6-9,16-17H,10-14H2,1-5H3. The van der Waals surface area contributed by atoms with Gasteiger partial charge in [0.1, 0.15) is 0 Å². The molecule has 0 aromatic heterocycles. The van der Waals surface area contributed by atoms with Gasteiger partial charge in [0.15, 0.2) is 0 Å². The topological polar surface area (TPSA) is 43.9 Å². The Morgan fingerprint density at radius 1 is 1.08 bits per heavy atom. The maximum atomic E-state index is 12.8. The molecule has 2 atom stereocenters. The summed E-state index contributed by atoms with van der Waals surface area (Å²) < 4.78 is 27.3. The minimum atomic E-state index is -3.27. The second-order valence-electron chi connectivity index (χ2n) is 7.30. The van der Waals surface area contributed by atoms with E-state index in [1.54, 1.807) is 4.31 Å². The maximum absolute atomic E-state index is 12.8. The normalized spacial score (nSPS) is 23.8. The highest BCUT2D eigenvalue weighted by Gasteiger charge is 2.35. The van der Waals surface area contributed by atoms with Crippen molar-refractivity contribution in [2.75, 3.05) is 40.3 Å². The SMILES string of the molecule is Cc1ccc(CS(=O)(=O)N2CC(C)N(CCN(C)C)C(C)C2)cc1. The van der Waals surface area contributed by atoms with E-state index in [0.717, 1.165) is 24.2 Å². The molecule has 1 aromatic carbocycles. The van der Waals surface area contributed by atoms with Gasteiger partial charge in [0.2, 0.25) is 10.0 Å². The lowest BCUT2D eigenvalue weighted by Crippen LogP contribution is -2.59. The molecule has 0 N–H and O–H groups in total. The van der Waals surface area contributed by atoms with Gasteiger partial charge < -0.3 is 4.90 Å².